The first-order valence-corrected chi connectivity index (χ1v) is 8.35. The van der Waals surface area contributed by atoms with Gasteiger partial charge in [0.15, 0.2) is 0 Å². The summed E-state index contributed by atoms with van der Waals surface area (Å²) in [5.74, 6) is -1.00. The lowest BCUT2D eigenvalue weighted by Crippen LogP contribution is -2.30. The molecule has 2 heterocycles. The largest absolute Gasteiger partial charge is 0.478 e. The highest BCUT2D eigenvalue weighted by Gasteiger charge is 2.21. The van der Waals surface area contributed by atoms with Gasteiger partial charge in [-0.3, -0.25) is 4.79 Å². The Balaban J connectivity index is 2.01. The summed E-state index contributed by atoms with van der Waals surface area (Å²) in [6, 6.07) is 9.94. The molecule has 0 spiro atoms. The lowest BCUT2D eigenvalue weighted by atomic mass is 10.1. The van der Waals surface area contributed by atoms with Gasteiger partial charge in [-0.25, -0.2) is 18.7 Å². The second kappa shape index (κ2) is 6.25. The molecule has 6 nitrogen and oxygen atoms in total. The molecule has 26 heavy (non-hydrogen) atoms. The molecule has 0 saturated carbocycles. The lowest BCUT2D eigenvalue weighted by Gasteiger charge is -2.22. The zero-order chi connectivity index (χ0) is 18.3. The van der Waals surface area contributed by atoms with Gasteiger partial charge in [-0.15, -0.1) is 0 Å². The van der Waals surface area contributed by atoms with Gasteiger partial charge in [0.1, 0.15) is 5.82 Å². The van der Waals surface area contributed by atoms with Crippen LogP contribution in [0.4, 0.5) is 10.3 Å². The van der Waals surface area contributed by atoms with Gasteiger partial charge in [0.2, 0.25) is 5.95 Å². The smallest absolute Gasteiger partial charge is 0.335 e. The Morgan fingerprint density at radius 2 is 1.77 bits per heavy atom. The monoisotopic (exact) mass is 353 g/mol. The molecule has 4 rings (SSSR count). The number of carboxylic acid groups (broad SMARTS) is 1. The zero-order valence-corrected chi connectivity index (χ0v) is 13.9. The molecule has 1 fully saturated rings. The fraction of sp³-hybridized carbons (Fsp3) is 0.211. The first-order valence-electron chi connectivity index (χ1n) is 8.35. The number of hydrogen-bond acceptors (Lipinski definition) is 4. The van der Waals surface area contributed by atoms with Crippen molar-refractivity contribution in [2.45, 2.75) is 12.8 Å². The SMILES string of the molecule is O=C(O)c1ccc2c(=O)n(-c3ccc(F)cc3)c(N3CCCC3)nc2c1. The molecule has 0 atom stereocenters. The molecule has 132 valence electrons. The van der Waals surface area contributed by atoms with Crippen molar-refractivity contribution in [2.75, 3.05) is 18.0 Å². The van der Waals surface area contributed by atoms with E-state index in [0.717, 1.165) is 25.9 Å². The van der Waals surface area contributed by atoms with Crippen molar-refractivity contribution in [1.29, 1.82) is 0 Å². The lowest BCUT2D eigenvalue weighted by molar-refractivity contribution is 0.0697. The minimum Gasteiger partial charge on any atom is -0.478 e. The third-order valence-electron chi connectivity index (χ3n) is 4.57. The van der Waals surface area contributed by atoms with Crippen molar-refractivity contribution in [3.05, 3.63) is 64.2 Å². The van der Waals surface area contributed by atoms with Crippen molar-refractivity contribution in [3.8, 4) is 5.69 Å². The van der Waals surface area contributed by atoms with Gasteiger partial charge < -0.3 is 10.0 Å². The predicted molar refractivity (Wildman–Crippen MR) is 95.7 cm³/mol. The Labute approximate surface area is 148 Å². The normalized spacial score (nSPS) is 14.1. The second-order valence-electron chi connectivity index (χ2n) is 6.26. The molecule has 1 aliphatic rings. The molecular weight excluding hydrogens is 337 g/mol. The number of anilines is 1. The van der Waals surface area contributed by atoms with E-state index in [-0.39, 0.29) is 16.9 Å². The molecule has 0 bridgehead atoms. The van der Waals surface area contributed by atoms with E-state index in [4.69, 9.17) is 0 Å². The van der Waals surface area contributed by atoms with Crippen LogP contribution in [0.25, 0.3) is 16.6 Å². The Hall–Kier alpha value is -3.22. The van der Waals surface area contributed by atoms with Gasteiger partial charge >= 0.3 is 5.97 Å². The van der Waals surface area contributed by atoms with E-state index in [0.29, 0.717) is 22.5 Å². The number of carboxylic acids is 1. The van der Waals surface area contributed by atoms with Gasteiger partial charge in [-0.2, -0.15) is 0 Å². The van der Waals surface area contributed by atoms with Gasteiger partial charge in [0, 0.05) is 13.1 Å². The van der Waals surface area contributed by atoms with E-state index < -0.39 is 5.97 Å². The van der Waals surface area contributed by atoms with Gasteiger partial charge in [-0.05, 0) is 55.3 Å². The minimum absolute atomic E-state index is 0.0799. The van der Waals surface area contributed by atoms with Crippen LogP contribution in [0, 0.1) is 5.82 Å². The van der Waals surface area contributed by atoms with Crippen LogP contribution in [-0.2, 0) is 0 Å². The van der Waals surface area contributed by atoms with E-state index >= 15 is 0 Å². The van der Waals surface area contributed by atoms with Crippen molar-refractivity contribution < 1.29 is 14.3 Å². The predicted octanol–water partition coefficient (Wildman–Crippen LogP) is 2.82. The minimum atomic E-state index is -1.07. The summed E-state index contributed by atoms with van der Waals surface area (Å²) < 4.78 is 14.8. The fourth-order valence-electron chi connectivity index (χ4n) is 3.26. The van der Waals surface area contributed by atoms with Gasteiger partial charge in [0.05, 0.1) is 22.2 Å². The van der Waals surface area contributed by atoms with Crippen LogP contribution in [0.15, 0.2) is 47.3 Å². The number of carbonyl (C=O) groups is 1. The molecule has 0 radical (unpaired) electrons. The zero-order valence-electron chi connectivity index (χ0n) is 13.9. The van der Waals surface area contributed by atoms with E-state index in [9.17, 15) is 19.1 Å². The summed E-state index contributed by atoms with van der Waals surface area (Å²) in [6.45, 7) is 1.52. The number of nitrogens with zero attached hydrogens (tertiary/aromatic N) is 3. The van der Waals surface area contributed by atoms with Crippen LogP contribution in [0.3, 0.4) is 0 Å². The number of aromatic nitrogens is 2. The number of benzene rings is 2. The summed E-state index contributed by atoms with van der Waals surface area (Å²) >= 11 is 0. The molecule has 0 aliphatic carbocycles. The van der Waals surface area contributed by atoms with Gasteiger partial charge in [0.25, 0.3) is 5.56 Å². The summed E-state index contributed by atoms with van der Waals surface area (Å²) in [4.78, 5) is 31.0. The third kappa shape index (κ3) is 2.71. The van der Waals surface area contributed by atoms with Crippen LogP contribution >= 0.6 is 0 Å². The number of fused-ring (bicyclic) bond motifs is 1. The average Bonchev–Trinajstić information content (AvgIpc) is 3.16. The summed E-state index contributed by atoms with van der Waals surface area (Å²) in [7, 11) is 0. The number of halogens is 1. The molecule has 2 aromatic carbocycles. The highest BCUT2D eigenvalue weighted by atomic mass is 19.1. The maximum atomic E-state index is 13.3. The Morgan fingerprint density at radius 3 is 2.42 bits per heavy atom. The first kappa shape index (κ1) is 16.3. The van der Waals surface area contributed by atoms with Gasteiger partial charge in [-0.1, -0.05) is 0 Å². The maximum absolute atomic E-state index is 13.3. The topological polar surface area (TPSA) is 75.4 Å². The standard InChI is InChI=1S/C19H16FN3O3/c20-13-4-6-14(7-5-13)23-17(24)15-8-3-12(18(25)26)11-16(15)21-19(23)22-9-1-2-10-22/h3-8,11H,1-2,9-10H2,(H,25,26). The summed E-state index contributed by atoms with van der Waals surface area (Å²) in [5, 5.41) is 9.52. The van der Waals surface area contributed by atoms with Crippen molar-refractivity contribution in [2.24, 2.45) is 0 Å². The molecule has 1 aliphatic heterocycles. The van der Waals surface area contributed by atoms with E-state index in [1.165, 1.54) is 47.0 Å². The highest BCUT2D eigenvalue weighted by molar-refractivity contribution is 5.93. The van der Waals surface area contributed by atoms with E-state index in [2.05, 4.69) is 4.98 Å². The molecule has 3 aromatic rings. The molecule has 1 saturated heterocycles. The third-order valence-corrected chi connectivity index (χ3v) is 4.57. The quantitative estimate of drug-likeness (QED) is 0.784. The highest BCUT2D eigenvalue weighted by Crippen LogP contribution is 2.23. The van der Waals surface area contributed by atoms with Crippen LogP contribution in [0.5, 0.6) is 0 Å². The van der Waals surface area contributed by atoms with Crippen LogP contribution in [0.1, 0.15) is 23.2 Å². The summed E-state index contributed by atoms with van der Waals surface area (Å²) in [6.07, 6.45) is 1.99. The Morgan fingerprint density at radius 1 is 1.08 bits per heavy atom. The van der Waals surface area contributed by atoms with E-state index in [1.807, 2.05) is 4.90 Å². The number of rotatable bonds is 3. The average molecular weight is 353 g/mol. The number of aromatic carboxylic acids is 1. The van der Waals surface area contributed by atoms with Crippen LogP contribution in [-0.4, -0.2) is 33.7 Å². The second-order valence-corrected chi connectivity index (χ2v) is 6.26. The van der Waals surface area contributed by atoms with Crippen molar-refractivity contribution >= 4 is 22.8 Å². The van der Waals surface area contributed by atoms with Crippen molar-refractivity contribution in [3.63, 3.8) is 0 Å². The molecule has 7 heteroatoms. The molecule has 0 unspecified atom stereocenters. The van der Waals surface area contributed by atoms with Crippen molar-refractivity contribution in [1.82, 2.24) is 9.55 Å². The molecule has 1 aromatic heterocycles. The molecule has 0 amide bonds. The van der Waals surface area contributed by atoms with Crippen LogP contribution in [0.2, 0.25) is 0 Å². The summed E-state index contributed by atoms with van der Waals surface area (Å²) in [5.41, 5.74) is 0.641. The first-order chi connectivity index (χ1) is 12.5. The molecular formula is C19H16FN3O3. The van der Waals surface area contributed by atoms with E-state index in [1.54, 1.807) is 0 Å². The molecule has 1 N–H and O–H groups in total. The number of hydrogen-bond donors (Lipinski definition) is 1. The fourth-order valence-corrected chi connectivity index (χ4v) is 3.26. The van der Waals surface area contributed by atoms with Crippen LogP contribution < -0.4 is 10.5 Å². The Kier molecular flexibility index (Phi) is 3.91. The maximum Gasteiger partial charge on any atom is 0.335 e. The Bertz CT molecular complexity index is 1050.